The van der Waals surface area contributed by atoms with E-state index in [2.05, 4.69) is 20.3 Å². The molecular weight excluding hydrogens is 554 g/mol. The van der Waals surface area contributed by atoms with Gasteiger partial charge in [-0.1, -0.05) is 48.0 Å². The number of anilines is 1. The number of hydrogen-bond acceptors (Lipinski definition) is 7. The van der Waals surface area contributed by atoms with E-state index in [1.165, 1.54) is 18.6 Å². The number of para-hydroxylation sites is 1. The third-order valence-corrected chi connectivity index (χ3v) is 7.57. The van der Waals surface area contributed by atoms with Crippen molar-refractivity contribution in [2.75, 3.05) is 19.5 Å². The van der Waals surface area contributed by atoms with E-state index in [-0.39, 0.29) is 11.0 Å². The molecule has 3 aromatic heterocycles. The zero-order valence-corrected chi connectivity index (χ0v) is 23.8. The van der Waals surface area contributed by atoms with Crippen molar-refractivity contribution in [3.8, 4) is 28.3 Å². The minimum Gasteiger partial charge on any atom is -0.497 e. The molecule has 3 aromatic carbocycles. The van der Waals surface area contributed by atoms with Crippen molar-refractivity contribution < 1.29 is 9.47 Å². The van der Waals surface area contributed by atoms with Crippen molar-refractivity contribution in [2.45, 2.75) is 13.0 Å². The Hall–Kier alpha value is -5.15. The SMILES string of the molecule is COc1cc(OC)cc(-c2cccc3c(Cl)c([C@H](C)Nc4ncnc5[nH]ccc(=O)c45)n(-c4ccccc4)c(=O)c23)c1. The number of hydrogen-bond donors (Lipinski definition) is 2. The maximum absolute atomic E-state index is 14.6. The maximum Gasteiger partial charge on any atom is 0.263 e. The van der Waals surface area contributed by atoms with Crippen LogP contribution >= 0.6 is 11.6 Å². The van der Waals surface area contributed by atoms with Gasteiger partial charge in [0, 0.05) is 29.4 Å². The second-order valence-corrected chi connectivity index (χ2v) is 10.0. The normalized spacial score (nSPS) is 11.9. The molecule has 6 aromatic rings. The molecule has 0 saturated heterocycles. The van der Waals surface area contributed by atoms with Gasteiger partial charge in [-0.3, -0.25) is 14.2 Å². The van der Waals surface area contributed by atoms with Gasteiger partial charge in [-0.2, -0.15) is 0 Å². The molecule has 0 aliphatic carbocycles. The van der Waals surface area contributed by atoms with Gasteiger partial charge in [-0.15, -0.1) is 0 Å². The summed E-state index contributed by atoms with van der Waals surface area (Å²) >= 11 is 7.21. The van der Waals surface area contributed by atoms with Crippen molar-refractivity contribution in [3.05, 3.63) is 117 Å². The number of halogens is 1. The van der Waals surface area contributed by atoms with E-state index < -0.39 is 6.04 Å². The van der Waals surface area contributed by atoms with Crippen molar-refractivity contribution >= 4 is 39.2 Å². The van der Waals surface area contributed by atoms with E-state index in [0.717, 1.165) is 5.56 Å². The molecule has 0 saturated carbocycles. The number of fused-ring (bicyclic) bond motifs is 2. The minimum atomic E-state index is -0.548. The Morgan fingerprint density at radius 3 is 2.36 bits per heavy atom. The second kappa shape index (κ2) is 11.0. The molecular formula is C32H26ClN5O4. The van der Waals surface area contributed by atoms with E-state index in [0.29, 0.717) is 61.1 Å². The van der Waals surface area contributed by atoms with Crippen LogP contribution < -0.4 is 25.8 Å². The summed E-state index contributed by atoms with van der Waals surface area (Å²) in [6.07, 6.45) is 2.90. The van der Waals surface area contributed by atoms with E-state index in [1.54, 1.807) is 24.9 Å². The van der Waals surface area contributed by atoms with Gasteiger partial charge < -0.3 is 19.8 Å². The highest BCUT2D eigenvalue weighted by atomic mass is 35.5. The molecule has 2 N–H and O–H groups in total. The Morgan fingerprint density at radius 2 is 1.64 bits per heavy atom. The zero-order valence-electron chi connectivity index (χ0n) is 23.0. The van der Waals surface area contributed by atoms with E-state index >= 15 is 0 Å². The largest absolute Gasteiger partial charge is 0.497 e. The predicted molar refractivity (Wildman–Crippen MR) is 165 cm³/mol. The summed E-state index contributed by atoms with van der Waals surface area (Å²) in [5, 5.41) is 5.04. The molecule has 0 aliphatic rings. The molecule has 0 amide bonds. The number of aromatic amines is 1. The smallest absolute Gasteiger partial charge is 0.263 e. The monoisotopic (exact) mass is 579 g/mol. The average Bonchev–Trinajstić information content (AvgIpc) is 3.02. The number of pyridine rings is 2. The first kappa shape index (κ1) is 27.0. The fraction of sp³-hybridized carbons (Fsp3) is 0.125. The Kier molecular flexibility index (Phi) is 7.10. The van der Waals surface area contributed by atoms with Gasteiger partial charge in [-0.05, 0) is 42.3 Å². The molecule has 0 aliphatic heterocycles. The Bertz CT molecular complexity index is 2050. The van der Waals surface area contributed by atoms with Crippen molar-refractivity contribution in [1.82, 2.24) is 19.5 Å². The van der Waals surface area contributed by atoms with E-state index in [9.17, 15) is 9.59 Å². The number of methoxy groups -OCH3 is 2. The van der Waals surface area contributed by atoms with Crippen LogP contribution in [0.5, 0.6) is 11.5 Å². The molecule has 0 spiro atoms. The first-order valence-electron chi connectivity index (χ1n) is 13.2. The minimum absolute atomic E-state index is 0.234. The van der Waals surface area contributed by atoms with Crippen LogP contribution in [0.2, 0.25) is 5.02 Å². The van der Waals surface area contributed by atoms with Gasteiger partial charge in [0.15, 0.2) is 5.43 Å². The summed E-state index contributed by atoms with van der Waals surface area (Å²) in [7, 11) is 3.16. The highest BCUT2D eigenvalue weighted by Crippen LogP contribution is 2.38. The van der Waals surface area contributed by atoms with Crippen LogP contribution in [0.3, 0.4) is 0 Å². The predicted octanol–water partition coefficient (Wildman–Crippen LogP) is 6.13. The van der Waals surface area contributed by atoms with E-state index in [1.807, 2.05) is 67.6 Å². The fourth-order valence-corrected chi connectivity index (χ4v) is 5.64. The molecule has 10 heteroatoms. The Labute approximate surface area is 245 Å². The quantitative estimate of drug-likeness (QED) is 0.234. The molecule has 3 heterocycles. The van der Waals surface area contributed by atoms with Crippen LogP contribution in [0, 0.1) is 0 Å². The lowest BCUT2D eigenvalue weighted by Crippen LogP contribution is -2.27. The number of benzene rings is 3. The number of H-pyrrole nitrogens is 1. The highest BCUT2D eigenvalue weighted by Gasteiger charge is 2.24. The summed E-state index contributed by atoms with van der Waals surface area (Å²) < 4.78 is 12.6. The molecule has 6 rings (SSSR count). The standard InChI is InChI=1S/C32H26ClN5O4/c1-18(37-31-27-25(39)12-13-34-30(27)35-17-36-31)29-28(33)24-11-7-10-23(19-14-21(41-2)16-22(15-19)42-3)26(24)32(40)38(29)20-8-5-4-6-9-20/h4-18H,1-3H3,(H2,34,35,36,37,39)/t18-/m0/s1. The van der Waals surface area contributed by atoms with Crippen LogP contribution in [-0.4, -0.2) is 33.7 Å². The van der Waals surface area contributed by atoms with Crippen LogP contribution in [0.25, 0.3) is 38.6 Å². The van der Waals surface area contributed by atoms with Crippen molar-refractivity contribution in [2.24, 2.45) is 0 Å². The van der Waals surface area contributed by atoms with Crippen LogP contribution in [-0.2, 0) is 0 Å². The first-order chi connectivity index (χ1) is 20.4. The number of rotatable bonds is 7. The van der Waals surface area contributed by atoms with Gasteiger partial charge in [0.2, 0.25) is 0 Å². The number of ether oxygens (including phenoxy) is 2. The first-order valence-corrected chi connectivity index (χ1v) is 13.5. The Balaban J connectivity index is 1.62. The second-order valence-electron chi connectivity index (χ2n) is 9.66. The fourth-order valence-electron chi connectivity index (χ4n) is 5.23. The number of nitrogens with one attached hydrogen (secondary N) is 2. The lowest BCUT2D eigenvalue weighted by atomic mass is 9.97. The summed E-state index contributed by atoms with van der Waals surface area (Å²) in [6.45, 7) is 1.87. The van der Waals surface area contributed by atoms with Gasteiger partial charge in [0.05, 0.1) is 36.4 Å². The molecule has 42 heavy (non-hydrogen) atoms. The summed E-state index contributed by atoms with van der Waals surface area (Å²) in [6, 6.07) is 21.2. The molecule has 210 valence electrons. The summed E-state index contributed by atoms with van der Waals surface area (Å²) in [4.78, 5) is 38.8. The third-order valence-electron chi connectivity index (χ3n) is 7.17. The van der Waals surface area contributed by atoms with Crippen LogP contribution in [0.15, 0.2) is 94.9 Å². The van der Waals surface area contributed by atoms with Gasteiger partial charge >= 0.3 is 0 Å². The molecule has 9 nitrogen and oxygen atoms in total. The summed E-state index contributed by atoms with van der Waals surface area (Å²) in [5.41, 5.74) is 2.49. The van der Waals surface area contributed by atoms with Crippen molar-refractivity contribution in [3.63, 3.8) is 0 Å². The molecule has 0 bridgehead atoms. The zero-order chi connectivity index (χ0) is 29.4. The number of nitrogens with zero attached hydrogens (tertiary/aromatic N) is 3. The van der Waals surface area contributed by atoms with Gasteiger partial charge in [-0.25, -0.2) is 9.97 Å². The molecule has 1 atom stereocenters. The molecule has 0 unspecified atom stereocenters. The van der Waals surface area contributed by atoms with Crippen molar-refractivity contribution in [1.29, 1.82) is 0 Å². The topological polar surface area (TPSA) is 111 Å². The lowest BCUT2D eigenvalue weighted by molar-refractivity contribution is 0.394. The van der Waals surface area contributed by atoms with E-state index in [4.69, 9.17) is 21.1 Å². The van der Waals surface area contributed by atoms with Gasteiger partial charge in [0.25, 0.3) is 5.56 Å². The molecule has 0 fully saturated rings. The third kappa shape index (κ3) is 4.63. The number of aromatic nitrogens is 4. The molecule has 0 radical (unpaired) electrons. The van der Waals surface area contributed by atoms with Gasteiger partial charge in [0.1, 0.15) is 34.7 Å². The van der Waals surface area contributed by atoms with Crippen LogP contribution in [0.1, 0.15) is 18.7 Å². The Morgan fingerprint density at radius 1 is 0.905 bits per heavy atom. The average molecular weight is 580 g/mol. The summed E-state index contributed by atoms with van der Waals surface area (Å²) in [5.74, 6) is 1.52. The maximum atomic E-state index is 14.6. The highest BCUT2D eigenvalue weighted by molar-refractivity contribution is 6.36. The van der Waals surface area contributed by atoms with Crippen LogP contribution in [0.4, 0.5) is 5.82 Å². The lowest BCUT2D eigenvalue weighted by Gasteiger charge is -2.24.